The van der Waals surface area contributed by atoms with E-state index < -0.39 is 0 Å². The van der Waals surface area contributed by atoms with Crippen molar-refractivity contribution in [2.45, 2.75) is 64.8 Å². The largest absolute Gasteiger partial charge is 0.461 e. The van der Waals surface area contributed by atoms with Crippen LogP contribution in [-0.2, 0) is 14.3 Å². The fraction of sp³-hybridized carbons (Fsp3) is 0.909. The molecule has 1 saturated heterocycles. The molecule has 3 nitrogen and oxygen atoms in total. The molecule has 0 bridgehead atoms. The van der Waals surface area contributed by atoms with Crippen LogP contribution in [0, 0.1) is 0 Å². The summed E-state index contributed by atoms with van der Waals surface area (Å²) >= 11 is 0. The highest BCUT2D eigenvalue weighted by atomic mass is 16.6. The van der Waals surface area contributed by atoms with Crippen LogP contribution >= 0.6 is 0 Å². The molecule has 0 aromatic rings. The van der Waals surface area contributed by atoms with Crippen molar-refractivity contribution < 1.29 is 14.3 Å². The summed E-state index contributed by atoms with van der Waals surface area (Å²) in [5, 5.41) is 0. The second-order valence-corrected chi connectivity index (χ2v) is 3.92. The summed E-state index contributed by atoms with van der Waals surface area (Å²) in [6.07, 6.45) is 3.87. The molecule has 0 spiro atoms. The third kappa shape index (κ3) is 3.29. The predicted octanol–water partition coefficient (Wildman–Crippen LogP) is 2.29. The van der Waals surface area contributed by atoms with Gasteiger partial charge >= 0.3 is 5.97 Å². The Labute approximate surface area is 85.8 Å². The van der Waals surface area contributed by atoms with Crippen LogP contribution in [0.2, 0.25) is 0 Å². The molecule has 1 fully saturated rings. The van der Waals surface area contributed by atoms with E-state index >= 15 is 0 Å². The predicted molar refractivity (Wildman–Crippen MR) is 54.0 cm³/mol. The van der Waals surface area contributed by atoms with E-state index in [0.717, 1.165) is 25.7 Å². The average Bonchev–Trinajstić information content (AvgIpc) is 2.85. The van der Waals surface area contributed by atoms with Crippen molar-refractivity contribution in [3.05, 3.63) is 0 Å². The minimum atomic E-state index is -0.269. The minimum absolute atomic E-state index is 0.0268. The van der Waals surface area contributed by atoms with Crippen molar-refractivity contribution in [1.29, 1.82) is 0 Å². The van der Waals surface area contributed by atoms with Gasteiger partial charge < -0.3 is 9.47 Å². The summed E-state index contributed by atoms with van der Waals surface area (Å²) in [7, 11) is 0. The Morgan fingerprint density at radius 2 is 2.14 bits per heavy atom. The molecule has 14 heavy (non-hydrogen) atoms. The second kappa shape index (κ2) is 5.35. The zero-order valence-corrected chi connectivity index (χ0v) is 9.29. The molecule has 1 heterocycles. The van der Waals surface area contributed by atoms with Crippen molar-refractivity contribution in [2.24, 2.45) is 0 Å². The summed E-state index contributed by atoms with van der Waals surface area (Å²) in [4.78, 5) is 11.4. The first-order valence-corrected chi connectivity index (χ1v) is 5.55. The number of hydrogen-bond acceptors (Lipinski definition) is 3. The molecule has 0 radical (unpaired) electrons. The van der Waals surface area contributed by atoms with Crippen LogP contribution < -0.4 is 0 Å². The van der Waals surface area contributed by atoms with Crippen LogP contribution in [0.3, 0.4) is 0 Å². The lowest BCUT2D eigenvalue weighted by atomic mass is 10.2. The van der Waals surface area contributed by atoms with Crippen molar-refractivity contribution in [3.8, 4) is 0 Å². The highest BCUT2D eigenvalue weighted by Crippen LogP contribution is 2.28. The van der Waals surface area contributed by atoms with Crippen LogP contribution in [-0.4, -0.2) is 24.3 Å². The van der Waals surface area contributed by atoms with Gasteiger partial charge in [-0.2, -0.15) is 0 Å². The summed E-state index contributed by atoms with van der Waals surface area (Å²) in [5.74, 6) is -0.176. The molecule has 0 N–H and O–H groups in total. The zero-order chi connectivity index (χ0) is 10.6. The van der Waals surface area contributed by atoms with Crippen LogP contribution in [0.1, 0.15) is 46.5 Å². The van der Waals surface area contributed by atoms with Crippen LogP contribution in [0.25, 0.3) is 0 Å². The SMILES string of the molecule is CCC[C@H](C)OC(=O)[C@H]1O[C@@H]1CCC. The molecule has 1 rings (SSSR count). The molecule has 0 aliphatic carbocycles. The summed E-state index contributed by atoms with van der Waals surface area (Å²) in [6, 6.07) is 0. The normalized spacial score (nSPS) is 27.1. The average molecular weight is 200 g/mol. The third-order valence-corrected chi connectivity index (χ3v) is 2.40. The molecule has 1 aliphatic heterocycles. The Bertz CT molecular complexity index is 191. The van der Waals surface area contributed by atoms with E-state index in [1.807, 2.05) is 6.92 Å². The maximum atomic E-state index is 11.4. The number of rotatable bonds is 6. The topological polar surface area (TPSA) is 38.8 Å². The molecule has 1 aliphatic rings. The van der Waals surface area contributed by atoms with E-state index in [1.54, 1.807) is 0 Å². The lowest BCUT2D eigenvalue weighted by Crippen LogP contribution is -2.20. The molecule has 0 unspecified atom stereocenters. The van der Waals surface area contributed by atoms with Crippen molar-refractivity contribution in [2.75, 3.05) is 0 Å². The number of esters is 1. The molecule has 0 aromatic heterocycles. The Morgan fingerprint density at radius 1 is 1.43 bits per heavy atom. The molecule has 0 amide bonds. The van der Waals surface area contributed by atoms with Gasteiger partial charge in [-0.05, 0) is 19.8 Å². The summed E-state index contributed by atoms with van der Waals surface area (Å²) in [5.41, 5.74) is 0. The minimum Gasteiger partial charge on any atom is -0.461 e. The summed E-state index contributed by atoms with van der Waals surface area (Å²) in [6.45, 7) is 6.10. The second-order valence-electron chi connectivity index (χ2n) is 3.92. The van der Waals surface area contributed by atoms with Gasteiger partial charge in [-0.1, -0.05) is 26.7 Å². The lowest BCUT2D eigenvalue weighted by molar-refractivity contribution is -0.150. The fourth-order valence-electron chi connectivity index (χ4n) is 1.59. The van der Waals surface area contributed by atoms with E-state index in [9.17, 15) is 4.79 Å². The Hall–Kier alpha value is -0.570. The summed E-state index contributed by atoms with van der Waals surface area (Å²) < 4.78 is 10.5. The van der Waals surface area contributed by atoms with Gasteiger partial charge in [0.25, 0.3) is 0 Å². The van der Waals surface area contributed by atoms with Crippen molar-refractivity contribution >= 4 is 5.97 Å². The van der Waals surface area contributed by atoms with Gasteiger partial charge in [0.1, 0.15) is 0 Å². The van der Waals surface area contributed by atoms with Gasteiger partial charge in [-0.3, -0.25) is 0 Å². The quantitative estimate of drug-likeness (QED) is 0.487. The lowest BCUT2D eigenvalue weighted by Gasteiger charge is -2.10. The Kier molecular flexibility index (Phi) is 4.39. The van der Waals surface area contributed by atoms with Gasteiger partial charge in [-0.25, -0.2) is 4.79 Å². The smallest absolute Gasteiger partial charge is 0.338 e. The maximum absolute atomic E-state index is 11.4. The van der Waals surface area contributed by atoms with Gasteiger partial charge in [0.05, 0.1) is 12.2 Å². The van der Waals surface area contributed by atoms with E-state index in [0.29, 0.717) is 0 Å². The highest BCUT2D eigenvalue weighted by Gasteiger charge is 2.45. The van der Waals surface area contributed by atoms with E-state index in [2.05, 4.69) is 13.8 Å². The first kappa shape index (κ1) is 11.5. The molecule has 82 valence electrons. The Morgan fingerprint density at radius 3 is 2.71 bits per heavy atom. The molecular weight excluding hydrogens is 180 g/mol. The van der Waals surface area contributed by atoms with Crippen LogP contribution in [0.5, 0.6) is 0 Å². The fourth-order valence-corrected chi connectivity index (χ4v) is 1.59. The highest BCUT2D eigenvalue weighted by molar-refractivity contribution is 5.78. The number of carbonyl (C=O) groups excluding carboxylic acids is 1. The number of ether oxygens (including phenoxy) is 2. The molecule has 0 saturated carbocycles. The molecular formula is C11H20O3. The Balaban J connectivity index is 2.17. The number of epoxide rings is 1. The standard InChI is InChI=1S/C11H20O3/c1-4-6-8(3)13-11(12)10-9(14-10)7-5-2/h8-10H,4-7H2,1-3H3/t8-,9+,10-/m0/s1. The van der Waals surface area contributed by atoms with Crippen LogP contribution in [0.4, 0.5) is 0 Å². The molecule has 0 aromatic carbocycles. The maximum Gasteiger partial charge on any atom is 0.338 e. The number of carbonyl (C=O) groups is 1. The first-order valence-electron chi connectivity index (χ1n) is 5.55. The van der Waals surface area contributed by atoms with Gasteiger partial charge in [-0.15, -0.1) is 0 Å². The van der Waals surface area contributed by atoms with Crippen molar-refractivity contribution in [3.63, 3.8) is 0 Å². The first-order chi connectivity index (χ1) is 6.69. The zero-order valence-electron chi connectivity index (χ0n) is 9.29. The third-order valence-electron chi connectivity index (χ3n) is 2.40. The van der Waals surface area contributed by atoms with Gasteiger partial charge in [0.2, 0.25) is 0 Å². The van der Waals surface area contributed by atoms with Crippen molar-refractivity contribution in [1.82, 2.24) is 0 Å². The molecule has 3 heteroatoms. The van der Waals surface area contributed by atoms with Crippen LogP contribution in [0.15, 0.2) is 0 Å². The number of hydrogen-bond donors (Lipinski definition) is 0. The van der Waals surface area contributed by atoms with E-state index in [1.165, 1.54) is 0 Å². The van der Waals surface area contributed by atoms with E-state index in [4.69, 9.17) is 9.47 Å². The van der Waals surface area contributed by atoms with Gasteiger partial charge in [0.15, 0.2) is 6.10 Å². The van der Waals surface area contributed by atoms with E-state index in [-0.39, 0.29) is 24.3 Å². The molecule has 3 atom stereocenters. The van der Waals surface area contributed by atoms with Gasteiger partial charge in [0, 0.05) is 0 Å². The monoisotopic (exact) mass is 200 g/mol.